The predicted molar refractivity (Wildman–Crippen MR) is 93.5 cm³/mol. The zero-order valence-electron chi connectivity index (χ0n) is 13.7. The number of rotatable bonds is 6. The Labute approximate surface area is 156 Å². The topological polar surface area (TPSA) is 77.0 Å². The average Bonchev–Trinajstić information content (AvgIpc) is 3.09. The van der Waals surface area contributed by atoms with Crippen LogP contribution in [-0.4, -0.2) is 33.6 Å². The highest BCUT2D eigenvalue weighted by Gasteiger charge is 2.28. The van der Waals surface area contributed by atoms with E-state index in [2.05, 4.69) is 25.0 Å². The third-order valence-electron chi connectivity index (χ3n) is 3.21. The first kappa shape index (κ1) is 18.8. The van der Waals surface area contributed by atoms with Crippen LogP contribution in [0.3, 0.4) is 0 Å². The van der Waals surface area contributed by atoms with Gasteiger partial charge in [-0.3, -0.25) is 9.78 Å². The monoisotopic (exact) mass is 394 g/mol. The van der Waals surface area contributed by atoms with E-state index in [1.807, 2.05) is 6.07 Å². The lowest BCUT2D eigenvalue weighted by atomic mass is 10.3. The summed E-state index contributed by atoms with van der Waals surface area (Å²) in [5, 5.41) is 5.16. The first-order valence-corrected chi connectivity index (χ1v) is 8.57. The van der Waals surface area contributed by atoms with Crippen molar-refractivity contribution < 1.29 is 22.7 Å². The van der Waals surface area contributed by atoms with E-state index < -0.39 is 12.8 Å². The van der Waals surface area contributed by atoms with Crippen molar-refractivity contribution in [3.63, 3.8) is 0 Å². The van der Waals surface area contributed by atoms with Gasteiger partial charge in [-0.25, -0.2) is 9.97 Å². The second kappa shape index (κ2) is 8.12. The molecule has 0 saturated carbocycles. The van der Waals surface area contributed by atoms with Gasteiger partial charge in [0.2, 0.25) is 11.8 Å². The Balaban J connectivity index is 1.54. The van der Waals surface area contributed by atoms with Crippen LogP contribution in [0.15, 0.2) is 48.2 Å². The molecule has 0 aliphatic heterocycles. The van der Waals surface area contributed by atoms with E-state index in [9.17, 15) is 18.0 Å². The summed E-state index contributed by atoms with van der Waals surface area (Å²) in [6.07, 6.45) is 0.210. The van der Waals surface area contributed by atoms with Crippen LogP contribution in [0.5, 0.6) is 5.88 Å². The van der Waals surface area contributed by atoms with Gasteiger partial charge in [-0.2, -0.15) is 13.2 Å². The van der Waals surface area contributed by atoms with Crippen molar-refractivity contribution in [2.24, 2.45) is 0 Å². The van der Waals surface area contributed by atoms with Crippen LogP contribution in [0.25, 0.3) is 10.6 Å². The molecule has 0 saturated heterocycles. The highest BCUT2D eigenvalue weighted by molar-refractivity contribution is 7.13. The van der Waals surface area contributed by atoms with Crippen LogP contribution in [0, 0.1) is 0 Å². The maximum atomic E-state index is 12.1. The van der Waals surface area contributed by atoms with Gasteiger partial charge in [-0.15, -0.1) is 11.3 Å². The van der Waals surface area contributed by atoms with Crippen LogP contribution in [0.2, 0.25) is 0 Å². The fourth-order valence-corrected chi connectivity index (χ4v) is 2.89. The third-order valence-corrected chi connectivity index (χ3v) is 4.15. The zero-order valence-corrected chi connectivity index (χ0v) is 14.5. The van der Waals surface area contributed by atoms with Crippen LogP contribution in [0.1, 0.15) is 5.69 Å². The lowest BCUT2D eigenvalue weighted by Crippen LogP contribution is -2.19. The molecule has 0 unspecified atom stereocenters. The van der Waals surface area contributed by atoms with Gasteiger partial charge in [0, 0.05) is 29.4 Å². The number of halogens is 3. The minimum atomic E-state index is -4.43. The van der Waals surface area contributed by atoms with Gasteiger partial charge in [-0.05, 0) is 18.2 Å². The number of carbonyl (C=O) groups is 1. The Morgan fingerprint density at radius 3 is 2.74 bits per heavy atom. The molecular formula is C17H13F3N4O2S. The first-order valence-electron chi connectivity index (χ1n) is 7.69. The number of carbonyl (C=O) groups excluding carboxylic acids is 1. The van der Waals surface area contributed by atoms with Crippen LogP contribution < -0.4 is 10.1 Å². The van der Waals surface area contributed by atoms with Gasteiger partial charge in [-0.1, -0.05) is 0 Å². The first-order chi connectivity index (χ1) is 12.9. The second-order valence-electron chi connectivity index (χ2n) is 5.40. The molecule has 3 aromatic heterocycles. The van der Waals surface area contributed by atoms with Crippen molar-refractivity contribution in [1.82, 2.24) is 15.0 Å². The van der Waals surface area contributed by atoms with E-state index in [1.54, 1.807) is 23.8 Å². The van der Waals surface area contributed by atoms with E-state index in [0.717, 1.165) is 10.6 Å². The van der Waals surface area contributed by atoms with Crippen LogP contribution >= 0.6 is 11.3 Å². The van der Waals surface area contributed by atoms with Crippen molar-refractivity contribution in [2.75, 3.05) is 11.9 Å². The maximum Gasteiger partial charge on any atom is 0.422 e. The van der Waals surface area contributed by atoms with E-state index in [0.29, 0.717) is 11.4 Å². The molecule has 0 aromatic carbocycles. The number of amides is 1. The summed E-state index contributed by atoms with van der Waals surface area (Å²) in [6.45, 7) is -1.42. The molecule has 1 N–H and O–H groups in total. The molecule has 6 nitrogen and oxygen atoms in total. The van der Waals surface area contributed by atoms with Crippen LogP contribution in [-0.2, 0) is 11.2 Å². The number of alkyl halides is 3. The SMILES string of the molecule is O=C(Cc1csc(-c2cccnc2)n1)Nc1ccc(OCC(F)(F)F)nc1. The largest absolute Gasteiger partial charge is 0.468 e. The Hall–Kier alpha value is -3.01. The van der Waals surface area contributed by atoms with E-state index >= 15 is 0 Å². The van der Waals surface area contributed by atoms with Gasteiger partial charge >= 0.3 is 6.18 Å². The molecule has 0 aliphatic rings. The smallest absolute Gasteiger partial charge is 0.422 e. The van der Waals surface area contributed by atoms with E-state index in [1.165, 1.54) is 29.7 Å². The summed E-state index contributed by atoms with van der Waals surface area (Å²) in [7, 11) is 0. The highest BCUT2D eigenvalue weighted by atomic mass is 32.1. The average molecular weight is 394 g/mol. The Morgan fingerprint density at radius 1 is 1.22 bits per heavy atom. The summed E-state index contributed by atoms with van der Waals surface area (Å²) >= 11 is 1.41. The van der Waals surface area contributed by atoms with Gasteiger partial charge in [0.15, 0.2) is 6.61 Å². The Bertz CT molecular complexity index is 899. The number of nitrogens with one attached hydrogen (secondary N) is 1. The number of anilines is 1. The number of aromatic nitrogens is 3. The molecular weight excluding hydrogens is 381 g/mol. The Kier molecular flexibility index (Phi) is 5.65. The lowest BCUT2D eigenvalue weighted by molar-refractivity contribution is -0.154. The van der Waals surface area contributed by atoms with Crippen molar-refractivity contribution in [3.8, 4) is 16.5 Å². The molecule has 27 heavy (non-hydrogen) atoms. The second-order valence-corrected chi connectivity index (χ2v) is 6.26. The molecule has 3 aromatic rings. The molecule has 140 valence electrons. The molecule has 0 fully saturated rings. The maximum absolute atomic E-state index is 12.1. The van der Waals surface area contributed by atoms with Crippen LogP contribution in [0.4, 0.5) is 18.9 Å². The number of pyridine rings is 2. The standard InChI is InChI=1S/C17H13F3N4O2S/c18-17(19,20)10-26-15-4-3-12(8-22-15)23-14(25)6-13-9-27-16(24-13)11-2-1-5-21-7-11/h1-5,7-9H,6,10H2,(H,23,25). The number of nitrogens with zero attached hydrogens (tertiary/aromatic N) is 3. The fraction of sp³-hybridized carbons (Fsp3) is 0.176. The van der Waals surface area contributed by atoms with Crippen molar-refractivity contribution >= 4 is 22.9 Å². The molecule has 0 aliphatic carbocycles. The summed E-state index contributed by atoms with van der Waals surface area (Å²) in [5.74, 6) is -0.491. The van der Waals surface area contributed by atoms with Gasteiger partial charge in [0.1, 0.15) is 5.01 Å². The van der Waals surface area contributed by atoms with Gasteiger partial charge in [0.05, 0.1) is 24.0 Å². The molecule has 0 spiro atoms. The normalized spacial score (nSPS) is 11.2. The van der Waals surface area contributed by atoms with Crippen molar-refractivity contribution in [2.45, 2.75) is 12.6 Å². The third kappa shape index (κ3) is 5.74. The summed E-state index contributed by atoms with van der Waals surface area (Å²) in [6, 6.07) is 6.35. The number of ether oxygens (including phenoxy) is 1. The predicted octanol–water partition coefficient (Wildman–Crippen LogP) is 3.72. The molecule has 1 amide bonds. The van der Waals surface area contributed by atoms with Crippen molar-refractivity contribution in [1.29, 1.82) is 0 Å². The molecule has 3 heterocycles. The summed E-state index contributed by atoms with van der Waals surface area (Å²) in [5.41, 5.74) is 1.82. The van der Waals surface area contributed by atoms with E-state index in [-0.39, 0.29) is 18.2 Å². The highest BCUT2D eigenvalue weighted by Crippen LogP contribution is 2.23. The van der Waals surface area contributed by atoms with Gasteiger partial charge in [0.25, 0.3) is 0 Å². The lowest BCUT2D eigenvalue weighted by Gasteiger charge is -2.09. The number of thiazole rings is 1. The fourth-order valence-electron chi connectivity index (χ4n) is 2.08. The summed E-state index contributed by atoms with van der Waals surface area (Å²) < 4.78 is 40.8. The number of hydrogen-bond donors (Lipinski definition) is 1. The van der Waals surface area contributed by atoms with E-state index in [4.69, 9.17) is 0 Å². The van der Waals surface area contributed by atoms with Gasteiger partial charge < -0.3 is 10.1 Å². The Morgan fingerprint density at radius 2 is 2.07 bits per heavy atom. The minimum Gasteiger partial charge on any atom is -0.468 e. The molecule has 10 heteroatoms. The zero-order chi connectivity index (χ0) is 19.3. The molecule has 3 rings (SSSR count). The molecule has 0 radical (unpaired) electrons. The number of hydrogen-bond acceptors (Lipinski definition) is 6. The minimum absolute atomic E-state index is 0.0586. The quantitative estimate of drug-likeness (QED) is 0.690. The summed E-state index contributed by atoms with van der Waals surface area (Å²) in [4.78, 5) is 24.3. The molecule has 0 bridgehead atoms. The molecule has 0 atom stereocenters. The van der Waals surface area contributed by atoms with Crippen molar-refractivity contribution in [3.05, 3.63) is 53.9 Å².